The number of nitro benzene ring substituents is 1. The van der Waals surface area contributed by atoms with Gasteiger partial charge in [0.25, 0.3) is 5.69 Å². The van der Waals surface area contributed by atoms with Crippen molar-refractivity contribution < 1.29 is 23.2 Å². The largest absolute Gasteiger partial charge is 0.449 e. The summed E-state index contributed by atoms with van der Waals surface area (Å²) in [5.74, 6) is -1.50. The molecule has 3 aromatic rings. The summed E-state index contributed by atoms with van der Waals surface area (Å²) in [5.41, 5.74) is 2.27. The molecule has 0 saturated heterocycles. The Balaban J connectivity index is 2.20. The summed E-state index contributed by atoms with van der Waals surface area (Å²) in [6, 6.07) is 9.76. The van der Waals surface area contributed by atoms with Crippen molar-refractivity contribution in [3.63, 3.8) is 0 Å². The van der Waals surface area contributed by atoms with Crippen molar-refractivity contribution in [1.29, 1.82) is 0 Å². The first-order chi connectivity index (χ1) is 16.7. The van der Waals surface area contributed by atoms with Gasteiger partial charge in [-0.15, -0.1) is 11.3 Å². The van der Waals surface area contributed by atoms with Crippen LogP contribution in [0.25, 0.3) is 10.4 Å². The highest BCUT2D eigenvalue weighted by Crippen LogP contribution is 2.44. The van der Waals surface area contributed by atoms with Crippen LogP contribution < -0.4 is 4.90 Å². The van der Waals surface area contributed by atoms with Crippen LogP contribution in [0.15, 0.2) is 42.5 Å². The molecule has 3 rings (SSSR count). The van der Waals surface area contributed by atoms with Crippen molar-refractivity contribution in [3.8, 4) is 10.4 Å². The third kappa shape index (κ3) is 5.83. The molecule has 0 aliphatic carbocycles. The number of anilines is 1. The zero-order valence-electron chi connectivity index (χ0n) is 20.0. The minimum absolute atomic E-state index is 0.0291. The normalized spacial score (nSPS) is 11.1. The number of nitro groups is 1. The van der Waals surface area contributed by atoms with Gasteiger partial charge in [-0.2, -0.15) is 0 Å². The van der Waals surface area contributed by atoms with Crippen molar-refractivity contribution in [1.82, 2.24) is 4.90 Å². The van der Waals surface area contributed by atoms with Crippen LogP contribution >= 0.6 is 11.3 Å². The number of benzene rings is 2. The molecule has 0 aliphatic heterocycles. The molecule has 0 fully saturated rings. The molecule has 186 valence electrons. The number of hydrogen-bond donors (Lipinski definition) is 0. The number of rotatable bonds is 9. The number of nitrogens with zero attached hydrogens (tertiary/aromatic N) is 3. The predicted octanol–water partition coefficient (Wildman–Crippen LogP) is 6.39. The second-order valence-electron chi connectivity index (χ2n) is 8.07. The number of carbonyl (C=O) groups excluding carboxylic acids is 1. The van der Waals surface area contributed by atoms with E-state index in [0.29, 0.717) is 18.0 Å². The third-order valence-corrected chi connectivity index (χ3v) is 6.72. The first-order valence-corrected chi connectivity index (χ1v) is 11.9. The lowest BCUT2D eigenvalue weighted by Gasteiger charge is -2.23. The summed E-state index contributed by atoms with van der Waals surface area (Å²) in [7, 11) is 3.82. The van der Waals surface area contributed by atoms with E-state index in [1.165, 1.54) is 34.4 Å². The zero-order chi connectivity index (χ0) is 25.7. The molecule has 1 heterocycles. The second kappa shape index (κ2) is 11.4. The van der Waals surface area contributed by atoms with E-state index >= 15 is 0 Å². The number of ether oxygens (including phenoxy) is 1. The molecule has 0 atom stereocenters. The predicted molar refractivity (Wildman–Crippen MR) is 133 cm³/mol. The number of amides is 1. The second-order valence-corrected chi connectivity index (χ2v) is 9.07. The van der Waals surface area contributed by atoms with Crippen molar-refractivity contribution >= 4 is 28.1 Å². The molecule has 7 nitrogen and oxygen atoms in total. The highest BCUT2D eigenvalue weighted by atomic mass is 32.1. The van der Waals surface area contributed by atoms with Crippen LogP contribution in [0.3, 0.4) is 0 Å². The van der Waals surface area contributed by atoms with Gasteiger partial charge < -0.3 is 9.64 Å². The van der Waals surface area contributed by atoms with E-state index < -0.39 is 22.7 Å². The minimum atomic E-state index is -0.752. The maximum Gasteiger partial charge on any atom is 0.415 e. The van der Waals surface area contributed by atoms with Crippen LogP contribution in [-0.2, 0) is 24.2 Å². The molecule has 0 bridgehead atoms. The molecule has 0 unspecified atom stereocenters. The Morgan fingerprint density at radius 2 is 1.63 bits per heavy atom. The van der Waals surface area contributed by atoms with Gasteiger partial charge in [0.05, 0.1) is 18.1 Å². The van der Waals surface area contributed by atoms with E-state index in [9.17, 15) is 23.7 Å². The fraction of sp³-hybridized carbons (Fsp3) is 0.320. The number of carbonyl (C=O) groups is 1. The van der Waals surface area contributed by atoms with Crippen LogP contribution in [0.1, 0.15) is 30.5 Å². The molecule has 0 N–H and O–H groups in total. The lowest BCUT2D eigenvalue weighted by molar-refractivity contribution is -0.384. The first-order valence-electron chi connectivity index (χ1n) is 11.1. The molecule has 0 aliphatic rings. The highest BCUT2D eigenvalue weighted by Gasteiger charge is 2.29. The number of thiophene rings is 1. The molecule has 1 aromatic heterocycles. The average molecular weight is 504 g/mol. The zero-order valence-corrected chi connectivity index (χ0v) is 20.8. The fourth-order valence-electron chi connectivity index (χ4n) is 3.78. The first kappa shape index (κ1) is 26.2. The Labute approximate surface area is 206 Å². The van der Waals surface area contributed by atoms with Gasteiger partial charge in [-0.3, -0.25) is 15.0 Å². The molecule has 35 heavy (non-hydrogen) atoms. The van der Waals surface area contributed by atoms with Crippen molar-refractivity contribution in [2.45, 2.75) is 33.4 Å². The Hall–Kier alpha value is -3.37. The molecule has 2 aromatic carbocycles. The van der Waals surface area contributed by atoms with Gasteiger partial charge >= 0.3 is 6.09 Å². The van der Waals surface area contributed by atoms with Crippen LogP contribution in [0, 0.1) is 21.7 Å². The average Bonchev–Trinajstić information content (AvgIpc) is 3.16. The van der Waals surface area contributed by atoms with Gasteiger partial charge in [-0.05, 0) is 68.4 Å². The number of non-ortho nitro benzene ring substituents is 1. The number of halogens is 2. The topological polar surface area (TPSA) is 75.9 Å². The summed E-state index contributed by atoms with van der Waals surface area (Å²) >= 11 is 1.30. The molecule has 0 radical (unpaired) electrons. The summed E-state index contributed by atoms with van der Waals surface area (Å²) in [5, 5.41) is 11.6. The van der Waals surface area contributed by atoms with Gasteiger partial charge in [0.1, 0.15) is 16.6 Å². The Kier molecular flexibility index (Phi) is 8.52. The number of hydrogen-bond acceptors (Lipinski definition) is 6. The van der Waals surface area contributed by atoms with Gasteiger partial charge in [0, 0.05) is 29.1 Å². The van der Waals surface area contributed by atoms with Gasteiger partial charge in [0.15, 0.2) is 0 Å². The summed E-state index contributed by atoms with van der Waals surface area (Å²) in [6.07, 6.45) is -0.157. The van der Waals surface area contributed by atoms with Crippen LogP contribution in [0.2, 0.25) is 0 Å². The molecular formula is C25H27F2N3O4S. The maximum atomic E-state index is 14.5. The quantitative estimate of drug-likeness (QED) is 0.250. The van der Waals surface area contributed by atoms with E-state index in [1.807, 2.05) is 25.9 Å². The molecule has 10 heteroatoms. The van der Waals surface area contributed by atoms with E-state index in [-0.39, 0.29) is 24.4 Å². The smallest absolute Gasteiger partial charge is 0.415 e. The Morgan fingerprint density at radius 1 is 1.00 bits per heavy atom. The van der Waals surface area contributed by atoms with E-state index in [2.05, 4.69) is 0 Å². The van der Waals surface area contributed by atoms with Crippen molar-refractivity contribution in [2.24, 2.45) is 0 Å². The fourth-order valence-corrected chi connectivity index (χ4v) is 5.18. The van der Waals surface area contributed by atoms with Crippen LogP contribution in [-0.4, -0.2) is 36.6 Å². The Bertz CT molecular complexity index is 1190. The lowest BCUT2D eigenvalue weighted by atomic mass is 10.0. The maximum absolute atomic E-state index is 14.5. The van der Waals surface area contributed by atoms with Crippen molar-refractivity contribution in [3.05, 3.63) is 80.9 Å². The van der Waals surface area contributed by atoms with E-state index in [4.69, 9.17) is 4.74 Å². The van der Waals surface area contributed by atoms with Gasteiger partial charge in [0.2, 0.25) is 0 Å². The summed E-state index contributed by atoms with van der Waals surface area (Å²) in [6.45, 7) is 3.90. The van der Waals surface area contributed by atoms with Crippen molar-refractivity contribution in [2.75, 3.05) is 25.6 Å². The van der Waals surface area contributed by atoms with Gasteiger partial charge in [-0.1, -0.05) is 13.0 Å². The van der Waals surface area contributed by atoms with Crippen LogP contribution in [0.5, 0.6) is 0 Å². The monoisotopic (exact) mass is 503 g/mol. The molecule has 0 spiro atoms. The minimum Gasteiger partial charge on any atom is -0.449 e. The molecule has 1 amide bonds. The van der Waals surface area contributed by atoms with Crippen LogP contribution in [0.4, 0.5) is 24.3 Å². The Morgan fingerprint density at radius 3 is 2.14 bits per heavy atom. The van der Waals surface area contributed by atoms with E-state index in [0.717, 1.165) is 33.7 Å². The highest BCUT2D eigenvalue weighted by molar-refractivity contribution is 7.20. The van der Waals surface area contributed by atoms with E-state index in [1.54, 1.807) is 19.1 Å². The summed E-state index contributed by atoms with van der Waals surface area (Å²) < 4.78 is 34.3. The summed E-state index contributed by atoms with van der Waals surface area (Å²) in [4.78, 5) is 27.7. The standard InChI is InChI=1S/C25H27F2N3O4S/c1-5-18-19(14-28(3)4)23(16-10-12-17(13-11-16)30(32)33)35-24(18)29(25(31)34-6-2)15-20-21(26)8-7-9-22(20)27/h7-13H,5-6,14-15H2,1-4H3. The van der Waals surface area contributed by atoms with Gasteiger partial charge in [-0.25, -0.2) is 13.6 Å². The lowest BCUT2D eigenvalue weighted by Crippen LogP contribution is -2.32. The molecular weight excluding hydrogens is 476 g/mol. The third-order valence-electron chi connectivity index (χ3n) is 5.37. The SMILES string of the molecule is CCOC(=O)N(Cc1c(F)cccc1F)c1sc(-c2ccc([N+](=O)[O-])cc2)c(CN(C)C)c1CC. The molecule has 0 saturated carbocycles.